The number of carbonyl (C=O) groups is 1. The van der Waals surface area contributed by atoms with Crippen LogP contribution in [0, 0.1) is 0 Å². The molecular formula is C29H31BrN2O8S. The molecular weight excluding hydrogens is 616 g/mol. The molecule has 0 amide bonds. The molecule has 41 heavy (non-hydrogen) atoms. The fourth-order valence-electron chi connectivity index (χ4n) is 4.65. The van der Waals surface area contributed by atoms with Gasteiger partial charge in [-0.1, -0.05) is 27.3 Å². The Morgan fingerprint density at radius 2 is 1.71 bits per heavy atom. The lowest BCUT2D eigenvalue weighted by Crippen LogP contribution is -2.40. The highest BCUT2D eigenvalue weighted by atomic mass is 79.9. The number of halogens is 1. The molecule has 0 N–H and O–H groups in total. The van der Waals surface area contributed by atoms with Gasteiger partial charge in [-0.25, -0.2) is 9.79 Å². The number of hydrogen-bond acceptors (Lipinski definition) is 10. The number of nitrogens with zero attached hydrogens (tertiary/aromatic N) is 2. The number of carbonyl (C=O) groups excluding carboxylic acids is 1. The molecule has 12 heteroatoms. The Kier molecular flexibility index (Phi) is 9.44. The van der Waals surface area contributed by atoms with Crippen LogP contribution < -0.4 is 38.6 Å². The van der Waals surface area contributed by atoms with E-state index in [1.54, 1.807) is 44.2 Å². The van der Waals surface area contributed by atoms with Crippen molar-refractivity contribution in [2.24, 2.45) is 4.99 Å². The number of hydrogen-bond donors (Lipinski definition) is 0. The second-order valence-corrected chi connectivity index (χ2v) is 10.5. The molecule has 2 aromatic carbocycles. The second kappa shape index (κ2) is 12.8. The van der Waals surface area contributed by atoms with Crippen molar-refractivity contribution in [3.63, 3.8) is 0 Å². The smallest absolute Gasteiger partial charge is 0.338 e. The minimum absolute atomic E-state index is 0.166. The first-order valence-electron chi connectivity index (χ1n) is 12.7. The summed E-state index contributed by atoms with van der Waals surface area (Å²) in [6, 6.07) is 6.18. The predicted octanol–water partition coefficient (Wildman–Crippen LogP) is 3.99. The minimum atomic E-state index is -0.848. The molecule has 0 saturated carbocycles. The zero-order valence-electron chi connectivity index (χ0n) is 23.8. The molecule has 0 unspecified atom stereocenters. The second-order valence-electron chi connectivity index (χ2n) is 8.68. The minimum Gasteiger partial charge on any atom is -0.493 e. The van der Waals surface area contributed by atoms with Crippen LogP contribution in [0.1, 0.15) is 37.9 Å². The summed E-state index contributed by atoms with van der Waals surface area (Å²) in [6.45, 7) is 5.93. The third-order valence-electron chi connectivity index (χ3n) is 6.42. The van der Waals surface area contributed by atoms with Gasteiger partial charge in [-0.2, -0.15) is 0 Å². The molecule has 4 rings (SSSR count). The van der Waals surface area contributed by atoms with E-state index in [1.165, 1.54) is 44.3 Å². The Hall–Kier alpha value is -3.77. The van der Waals surface area contributed by atoms with Gasteiger partial charge in [0.1, 0.15) is 0 Å². The van der Waals surface area contributed by atoms with E-state index in [2.05, 4.69) is 20.9 Å². The Bertz CT molecular complexity index is 1690. The molecule has 1 aliphatic rings. The van der Waals surface area contributed by atoms with Crippen molar-refractivity contribution in [1.29, 1.82) is 0 Å². The summed E-state index contributed by atoms with van der Waals surface area (Å²) < 4.78 is 35.7. The Labute approximate surface area is 249 Å². The summed E-state index contributed by atoms with van der Waals surface area (Å²) in [6.07, 6.45) is 1.71. The maximum absolute atomic E-state index is 14.1. The normalized spacial score (nSPS) is 14.7. The zero-order valence-corrected chi connectivity index (χ0v) is 26.2. The molecule has 0 fully saturated rings. The number of thiazole rings is 1. The van der Waals surface area contributed by atoms with Crippen LogP contribution in [0.5, 0.6) is 28.7 Å². The number of methoxy groups -OCH3 is 4. The van der Waals surface area contributed by atoms with Gasteiger partial charge in [-0.05, 0) is 56.7 Å². The van der Waals surface area contributed by atoms with E-state index >= 15 is 0 Å². The standard InChI is InChI=1S/C29H31BrN2O8S/c1-8-39-21-14-18(30)17(13-20(21)36-5)24-23(28(34)40-9-2)15(3)31-29-32(24)27(33)22(41-29)12-16-10-11-19(35-4)26(38-7)25(16)37-6/h10-14,24H,8-9H2,1-7H3/b22-12+/t24-/m1/s1. The van der Waals surface area contributed by atoms with Crippen molar-refractivity contribution in [2.75, 3.05) is 41.7 Å². The SMILES string of the molecule is CCOC(=O)C1=C(C)N=c2s/c(=C/c3ccc(OC)c(OC)c3OC)c(=O)n2[C@@H]1c1cc(OC)c(OCC)cc1Br. The number of esters is 1. The first-order chi connectivity index (χ1) is 19.7. The summed E-state index contributed by atoms with van der Waals surface area (Å²) in [7, 11) is 6.10. The Morgan fingerprint density at radius 1 is 1.00 bits per heavy atom. The van der Waals surface area contributed by atoms with Crippen LogP contribution in [0.2, 0.25) is 0 Å². The lowest BCUT2D eigenvalue weighted by molar-refractivity contribution is -0.139. The number of allylic oxidation sites excluding steroid dienone is 1. The first-order valence-corrected chi connectivity index (χ1v) is 14.3. The third-order valence-corrected chi connectivity index (χ3v) is 8.09. The fraction of sp³-hybridized carbons (Fsp3) is 0.345. The van der Waals surface area contributed by atoms with Crippen LogP contribution in [0.25, 0.3) is 6.08 Å². The van der Waals surface area contributed by atoms with E-state index in [-0.39, 0.29) is 17.7 Å². The molecule has 1 atom stereocenters. The van der Waals surface area contributed by atoms with E-state index in [9.17, 15) is 9.59 Å². The highest BCUT2D eigenvalue weighted by molar-refractivity contribution is 9.10. The number of aromatic nitrogens is 1. The zero-order chi connectivity index (χ0) is 29.8. The lowest BCUT2D eigenvalue weighted by atomic mass is 9.95. The Morgan fingerprint density at radius 3 is 2.32 bits per heavy atom. The van der Waals surface area contributed by atoms with E-state index in [1.807, 2.05) is 6.92 Å². The van der Waals surface area contributed by atoms with Crippen LogP contribution in [-0.4, -0.2) is 52.2 Å². The van der Waals surface area contributed by atoms with Gasteiger partial charge >= 0.3 is 5.97 Å². The number of rotatable bonds is 10. The van der Waals surface area contributed by atoms with Gasteiger partial charge in [-0.3, -0.25) is 9.36 Å². The van der Waals surface area contributed by atoms with Gasteiger partial charge in [0.15, 0.2) is 27.8 Å². The number of benzene rings is 2. The lowest BCUT2D eigenvalue weighted by Gasteiger charge is -2.26. The summed E-state index contributed by atoms with van der Waals surface area (Å²) in [5, 5.41) is 0. The molecule has 0 saturated heterocycles. The van der Waals surface area contributed by atoms with E-state index in [4.69, 9.17) is 28.4 Å². The molecule has 218 valence electrons. The van der Waals surface area contributed by atoms with Crippen LogP contribution in [0.3, 0.4) is 0 Å². The first kappa shape index (κ1) is 30.2. The molecule has 3 aromatic rings. The van der Waals surface area contributed by atoms with Crippen molar-refractivity contribution in [2.45, 2.75) is 26.8 Å². The van der Waals surface area contributed by atoms with Gasteiger partial charge in [-0.15, -0.1) is 0 Å². The molecule has 0 radical (unpaired) electrons. The summed E-state index contributed by atoms with van der Waals surface area (Å²) in [4.78, 5) is 32.4. The largest absolute Gasteiger partial charge is 0.493 e. The van der Waals surface area contributed by atoms with Gasteiger partial charge < -0.3 is 28.4 Å². The Balaban J connectivity index is 2.02. The number of ether oxygens (including phenoxy) is 6. The van der Waals surface area contributed by atoms with Gasteiger partial charge in [0.05, 0.1) is 63.5 Å². The summed E-state index contributed by atoms with van der Waals surface area (Å²) >= 11 is 4.83. The molecule has 2 heterocycles. The van der Waals surface area contributed by atoms with Gasteiger partial charge in [0.2, 0.25) is 5.75 Å². The highest BCUT2D eigenvalue weighted by Gasteiger charge is 2.35. The van der Waals surface area contributed by atoms with Crippen LogP contribution >= 0.6 is 27.3 Å². The molecule has 1 aromatic heterocycles. The van der Waals surface area contributed by atoms with Crippen molar-refractivity contribution >= 4 is 39.3 Å². The summed E-state index contributed by atoms with van der Waals surface area (Å²) in [5.41, 5.74) is 1.58. The van der Waals surface area contributed by atoms with Crippen molar-refractivity contribution < 1.29 is 33.2 Å². The predicted molar refractivity (Wildman–Crippen MR) is 158 cm³/mol. The molecule has 0 spiro atoms. The van der Waals surface area contributed by atoms with Crippen LogP contribution in [-0.2, 0) is 9.53 Å². The summed E-state index contributed by atoms with van der Waals surface area (Å²) in [5.74, 6) is 1.73. The average Bonchev–Trinajstić information content (AvgIpc) is 3.26. The van der Waals surface area contributed by atoms with Crippen molar-refractivity contribution in [3.05, 3.63) is 70.8 Å². The molecule has 10 nitrogen and oxygen atoms in total. The van der Waals surface area contributed by atoms with Crippen molar-refractivity contribution in [1.82, 2.24) is 4.57 Å². The fourth-order valence-corrected chi connectivity index (χ4v) is 6.23. The maximum Gasteiger partial charge on any atom is 0.338 e. The number of fused-ring (bicyclic) bond motifs is 1. The highest BCUT2D eigenvalue weighted by Crippen LogP contribution is 2.42. The van der Waals surface area contributed by atoms with Crippen molar-refractivity contribution in [3.8, 4) is 28.7 Å². The molecule has 1 aliphatic heterocycles. The maximum atomic E-state index is 14.1. The van der Waals surface area contributed by atoms with E-state index in [0.717, 1.165) is 0 Å². The molecule has 0 bridgehead atoms. The average molecular weight is 648 g/mol. The van der Waals surface area contributed by atoms with Crippen LogP contribution in [0.15, 0.2) is 49.8 Å². The van der Waals surface area contributed by atoms with E-state index in [0.29, 0.717) is 66.0 Å². The third kappa shape index (κ3) is 5.58. The van der Waals surface area contributed by atoms with E-state index < -0.39 is 12.0 Å². The monoisotopic (exact) mass is 646 g/mol. The van der Waals surface area contributed by atoms with Crippen LogP contribution in [0.4, 0.5) is 0 Å². The van der Waals surface area contributed by atoms with Gasteiger partial charge in [0, 0.05) is 10.0 Å². The quantitative estimate of drug-likeness (QED) is 0.304. The molecule has 0 aliphatic carbocycles. The van der Waals surface area contributed by atoms with Gasteiger partial charge in [0.25, 0.3) is 5.56 Å². The topological polar surface area (TPSA) is 107 Å².